The first kappa shape index (κ1) is 15.4. The average molecular weight is 330 g/mol. The van der Waals surface area contributed by atoms with Crippen molar-refractivity contribution in [2.75, 3.05) is 29.9 Å². The number of piperidine rings is 1. The highest BCUT2D eigenvalue weighted by molar-refractivity contribution is 6.30. The zero-order valence-electron chi connectivity index (χ0n) is 12.7. The van der Waals surface area contributed by atoms with Gasteiger partial charge in [-0.15, -0.1) is 0 Å². The molecule has 1 fully saturated rings. The minimum Gasteiger partial charge on any atom is -0.341 e. The van der Waals surface area contributed by atoms with Crippen LogP contribution in [-0.2, 0) is 0 Å². The van der Waals surface area contributed by atoms with Gasteiger partial charge in [-0.1, -0.05) is 11.6 Å². The Morgan fingerprint density at radius 2 is 1.96 bits per heavy atom. The number of rotatable bonds is 3. The van der Waals surface area contributed by atoms with Gasteiger partial charge in [0.05, 0.1) is 17.4 Å². The number of hydrogen-bond donors (Lipinski definition) is 0. The Labute approximate surface area is 139 Å². The van der Waals surface area contributed by atoms with Crippen LogP contribution in [0.1, 0.15) is 18.5 Å². The molecule has 3 rings (SSSR count). The third kappa shape index (κ3) is 3.48. The fourth-order valence-corrected chi connectivity index (χ4v) is 2.76. The second-order valence-electron chi connectivity index (χ2n) is 5.38. The van der Waals surface area contributed by atoms with Crippen LogP contribution in [0.4, 0.5) is 11.9 Å². The molecule has 1 aliphatic heterocycles. The second kappa shape index (κ2) is 6.75. The molecule has 0 spiro atoms. The fourth-order valence-electron chi connectivity index (χ4n) is 2.67. The van der Waals surface area contributed by atoms with Crippen LogP contribution in [0.3, 0.4) is 0 Å². The molecule has 0 saturated carbocycles. The van der Waals surface area contributed by atoms with E-state index in [1.54, 1.807) is 24.7 Å². The molecule has 8 heteroatoms. The predicted octanol–water partition coefficient (Wildman–Crippen LogP) is 1.90. The highest BCUT2D eigenvalue weighted by Crippen LogP contribution is 2.22. The molecule has 2 aromatic heterocycles. The molecule has 0 radical (unpaired) electrons. The number of aromatic nitrogens is 4. The number of nitrogens with zero attached hydrogens (tertiary/aromatic N) is 7. The van der Waals surface area contributed by atoms with Crippen LogP contribution in [0.25, 0.3) is 0 Å². The van der Waals surface area contributed by atoms with Gasteiger partial charge in [0.15, 0.2) is 0 Å². The number of halogens is 1. The summed E-state index contributed by atoms with van der Waals surface area (Å²) >= 11 is 5.83. The van der Waals surface area contributed by atoms with Gasteiger partial charge < -0.3 is 9.80 Å². The van der Waals surface area contributed by atoms with Gasteiger partial charge >= 0.3 is 0 Å². The topological polar surface area (TPSA) is 81.8 Å². The van der Waals surface area contributed by atoms with E-state index in [2.05, 4.69) is 29.7 Å². The second-order valence-corrected chi connectivity index (χ2v) is 5.82. The maximum atomic E-state index is 8.93. The maximum absolute atomic E-state index is 8.93. The van der Waals surface area contributed by atoms with Crippen molar-refractivity contribution in [1.82, 2.24) is 19.9 Å². The Morgan fingerprint density at radius 3 is 2.61 bits per heavy atom. The molecule has 0 amide bonds. The fraction of sp³-hybridized carbons (Fsp3) is 0.400. The molecule has 0 aromatic carbocycles. The van der Waals surface area contributed by atoms with Gasteiger partial charge in [-0.05, 0) is 18.9 Å². The summed E-state index contributed by atoms with van der Waals surface area (Å²) in [6.45, 7) is 1.66. The van der Waals surface area contributed by atoms with E-state index in [4.69, 9.17) is 16.9 Å². The van der Waals surface area contributed by atoms with E-state index in [9.17, 15) is 0 Å². The molecule has 23 heavy (non-hydrogen) atoms. The summed E-state index contributed by atoms with van der Waals surface area (Å²) in [4.78, 5) is 21.2. The van der Waals surface area contributed by atoms with Crippen molar-refractivity contribution in [2.45, 2.75) is 18.9 Å². The standard InChI is InChI=1S/C15H16ClN7/c1-22(14-19-9-11(16)10-20-14)13-3-6-23(7-4-13)15-18-5-2-12(8-17)21-15/h2,5,9-10,13H,3-4,6-7H2,1H3. The molecule has 1 saturated heterocycles. The lowest BCUT2D eigenvalue weighted by Gasteiger charge is -2.36. The quantitative estimate of drug-likeness (QED) is 0.850. The third-order valence-corrected chi connectivity index (χ3v) is 4.17. The van der Waals surface area contributed by atoms with Crippen molar-refractivity contribution < 1.29 is 0 Å². The van der Waals surface area contributed by atoms with Gasteiger partial charge in [-0.3, -0.25) is 0 Å². The summed E-state index contributed by atoms with van der Waals surface area (Å²) in [6.07, 6.45) is 6.74. The van der Waals surface area contributed by atoms with E-state index in [1.807, 2.05) is 13.1 Å². The van der Waals surface area contributed by atoms with E-state index in [0.717, 1.165) is 25.9 Å². The van der Waals surface area contributed by atoms with Crippen molar-refractivity contribution in [3.8, 4) is 6.07 Å². The lowest BCUT2D eigenvalue weighted by atomic mass is 10.0. The van der Waals surface area contributed by atoms with Gasteiger partial charge in [-0.2, -0.15) is 5.26 Å². The van der Waals surface area contributed by atoms with Crippen LogP contribution in [0.15, 0.2) is 24.7 Å². The lowest BCUT2D eigenvalue weighted by Crippen LogP contribution is -2.44. The molecule has 7 nitrogen and oxygen atoms in total. The molecular weight excluding hydrogens is 314 g/mol. The molecule has 0 N–H and O–H groups in total. The zero-order valence-corrected chi connectivity index (χ0v) is 13.5. The van der Waals surface area contributed by atoms with Crippen LogP contribution in [0.2, 0.25) is 5.02 Å². The van der Waals surface area contributed by atoms with E-state index in [0.29, 0.717) is 28.7 Å². The molecule has 3 heterocycles. The van der Waals surface area contributed by atoms with Crippen LogP contribution in [0.5, 0.6) is 0 Å². The highest BCUT2D eigenvalue weighted by atomic mass is 35.5. The van der Waals surface area contributed by atoms with E-state index in [-0.39, 0.29) is 0 Å². The van der Waals surface area contributed by atoms with Crippen LogP contribution in [0, 0.1) is 11.3 Å². The Kier molecular flexibility index (Phi) is 4.53. The van der Waals surface area contributed by atoms with Crippen molar-refractivity contribution in [1.29, 1.82) is 5.26 Å². The summed E-state index contributed by atoms with van der Waals surface area (Å²) in [6, 6.07) is 4.01. The number of anilines is 2. The monoisotopic (exact) mass is 329 g/mol. The summed E-state index contributed by atoms with van der Waals surface area (Å²) in [5, 5.41) is 9.47. The maximum Gasteiger partial charge on any atom is 0.226 e. The molecular formula is C15H16ClN7. The highest BCUT2D eigenvalue weighted by Gasteiger charge is 2.25. The van der Waals surface area contributed by atoms with Crippen LogP contribution < -0.4 is 9.80 Å². The third-order valence-electron chi connectivity index (χ3n) is 3.97. The van der Waals surface area contributed by atoms with Gasteiger partial charge in [0, 0.05) is 32.4 Å². The summed E-state index contributed by atoms with van der Waals surface area (Å²) in [7, 11) is 2.00. The van der Waals surface area contributed by atoms with Crippen molar-refractivity contribution in [2.24, 2.45) is 0 Å². The van der Waals surface area contributed by atoms with Crippen LogP contribution in [-0.4, -0.2) is 46.1 Å². The Bertz CT molecular complexity index is 705. The minimum absolute atomic E-state index is 0.353. The molecule has 2 aromatic rings. The van der Waals surface area contributed by atoms with Crippen molar-refractivity contribution in [3.63, 3.8) is 0 Å². The average Bonchev–Trinajstić information content (AvgIpc) is 2.62. The molecule has 0 aliphatic carbocycles. The zero-order chi connectivity index (χ0) is 16.2. The van der Waals surface area contributed by atoms with Gasteiger partial charge in [0.1, 0.15) is 11.8 Å². The lowest BCUT2D eigenvalue weighted by molar-refractivity contribution is 0.473. The Hall–Kier alpha value is -2.46. The summed E-state index contributed by atoms with van der Waals surface area (Å²) in [5.41, 5.74) is 0.392. The Balaban J connectivity index is 1.63. The van der Waals surface area contributed by atoms with Crippen LogP contribution >= 0.6 is 11.6 Å². The largest absolute Gasteiger partial charge is 0.341 e. The SMILES string of the molecule is CN(c1ncc(Cl)cn1)C1CCN(c2nccc(C#N)n2)CC1. The minimum atomic E-state index is 0.353. The summed E-state index contributed by atoms with van der Waals surface area (Å²) in [5.74, 6) is 1.29. The first-order chi connectivity index (χ1) is 11.2. The Morgan fingerprint density at radius 1 is 1.26 bits per heavy atom. The summed E-state index contributed by atoms with van der Waals surface area (Å²) < 4.78 is 0. The molecule has 1 aliphatic rings. The van der Waals surface area contributed by atoms with E-state index < -0.39 is 0 Å². The van der Waals surface area contributed by atoms with E-state index >= 15 is 0 Å². The first-order valence-electron chi connectivity index (χ1n) is 7.36. The number of hydrogen-bond acceptors (Lipinski definition) is 7. The molecule has 0 bridgehead atoms. The first-order valence-corrected chi connectivity index (χ1v) is 7.73. The number of nitriles is 1. The normalized spacial score (nSPS) is 15.3. The van der Waals surface area contributed by atoms with Crippen molar-refractivity contribution in [3.05, 3.63) is 35.4 Å². The molecule has 0 atom stereocenters. The molecule has 0 unspecified atom stereocenters. The van der Waals surface area contributed by atoms with Gasteiger partial charge in [-0.25, -0.2) is 19.9 Å². The predicted molar refractivity (Wildman–Crippen MR) is 87.4 cm³/mol. The van der Waals surface area contributed by atoms with Gasteiger partial charge in [0.2, 0.25) is 11.9 Å². The smallest absolute Gasteiger partial charge is 0.226 e. The van der Waals surface area contributed by atoms with E-state index in [1.165, 1.54) is 0 Å². The van der Waals surface area contributed by atoms with Gasteiger partial charge in [0.25, 0.3) is 0 Å². The van der Waals surface area contributed by atoms with Crippen molar-refractivity contribution >= 4 is 23.5 Å². The molecule has 118 valence electrons.